The van der Waals surface area contributed by atoms with Gasteiger partial charge in [0, 0.05) is 41.5 Å². The number of carbonyl (C=O) groups is 5. The number of anilines is 1. The lowest BCUT2D eigenvalue weighted by atomic mass is 9.44. The van der Waals surface area contributed by atoms with Gasteiger partial charge in [0.2, 0.25) is 5.91 Å². The van der Waals surface area contributed by atoms with E-state index in [1.54, 1.807) is 37.3 Å². The average Bonchev–Trinajstić information content (AvgIpc) is 3.81. The van der Waals surface area contributed by atoms with Crippen molar-refractivity contribution in [3.63, 3.8) is 0 Å². The van der Waals surface area contributed by atoms with Gasteiger partial charge >= 0.3 is 19.9 Å². The molecular formula is C53H67F2N2O14PSi. The number of aliphatic hydroxyl groups excluding tert-OH is 1. The molecule has 0 aromatic heterocycles. The number of rotatable bonds is 15. The van der Waals surface area contributed by atoms with Gasteiger partial charge in [-0.25, -0.2) is 18.1 Å². The highest BCUT2D eigenvalue weighted by atomic mass is 31.2. The number of fused-ring (bicyclic) bond motifs is 7. The molecule has 396 valence electrons. The molecule has 2 aromatic rings. The summed E-state index contributed by atoms with van der Waals surface area (Å²) in [5.74, 6) is -4.08. The Kier molecular flexibility index (Phi) is 15.3. The van der Waals surface area contributed by atoms with Gasteiger partial charge in [-0.1, -0.05) is 82.0 Å². The third kappa shape index (κ3) is 10.8. The molecule has 73 heavy (non-hydrogen) atoms. The van der Waals surface area contributed by atoms with E-state index >= 15 is 8.78 Å². The Bertz CT molecular complexity index is 2640. The van der Waals surface area contributed by atoms with Crippen LogP contribution in [-0.4, -0.2) is 108 Å². The van der Waals surface area contributed by atoms with Gasteiger partial charge in [-0.3, -0.25) is 29.0 Å². The number of alkyl halides is 2. The number of hydrogen-bond acceptors (Lipinski definition) is 12. The Morgan fingerprint density at radius 3 is 2.44 bits per heavy atom. The molecule has 1 aliphatic heterocycles. The summed E-state index contributed by atoms with van der Waals surface area (Å²) in [4.78, 5) is 84.7. The zero-order chi connectivity index (χ0) is 52.9. The lowest BCUT2D eigenvalue weighted by molar-refractivity contribution is -0.235. The van der Waals surface area contributed by atoms with Crippen molar-refractivity contribution < 1.29 is 75.7 Å². The van der Waals surface area contributed by atoms with Crippen molar-refractivity contribution in [2.75, 3.05) is 25.1 Å². The number of phosphoric acid groups is 1. The van der Waals surface area contributed by atoms with Gasteiger partial charge in [0.05, 0.1) is 18.8 Å². The van der Waals surface area contributed by atoms with Crippen LogP contribution in [0.5, 0.6) is 0 Å². The first-order valence-electron chi connectivity index (χ1n) is 25.0. The third-order valence-electron chi connectivity index (χ3n) is 16.5. The van der Waals surface area contributed by atoms with Crippen molar-refractivity contribution in [3.05, 3.63) is 101 Å². The van der Waals surface area contributed by atoms with E-state index in [0.717, 1.165) is 23.2 Å². The molecule has 0 radical (unpaired) electrons. The molecule has 2 aromatic carbocycles. The lowest BCUT2D eigenvalue weighted by Gasteiger charge is -2.63. The van der Waals surface area contributed by atoms with E-state index in [4.69, 9.17) is 23.5 Å². The van der Waals surface area contributed by atoms with Crippen LogP contribution in [0.1, 0.15) is 88.7 Å². The number of Topliss-reactive ketones (excluding diaryl/α,β-unsaturated/α-hetero) is 1. The Balaban J connectivity index is 0.903. The van der Waals surface area contributed by atoms with Gasteiger partial charge in [0.15, 0.2) is 29.1 Å². The first-order chi connectivity index (χ1) is 34.2. The van der Waals surface area contributed by atoms with Gasteiger partial charge in [0.25, 0.3) is 0 Å². The molecule has 2 amide bonds. The van der Waals surface area contributed by atoms with Crippen LogP contribution in [0.3, 0.4) is 0 Å². The normalized spacial score (nSPS) is 35.2. The molecule has 8 rings (SSSR count). The fourth-order valence-electron chi connectivity index (χ4n) is 12.5. The summed E-state index contributed by atoms with van der Waals surface area (Å²) in [5, 5.41) is 17.5. The van der Waals surface area contributed by atoms with E-state index < -0.39 is 116 Å². The fourth-order valence-corrected chi connectivity index (χ4v) is 13.5. The lowest BCUT2D eigenvalue weighted by Crippen LogP contribution is -2.70. The summed E-state index contributed by atoms with van der Waals surface area (Å²) >= 11 is 0. The number of hydrogen-bond donors (Lipinski definition) is 5. The van der Waals surface area contributed by atoms with Crippen molar-refractivity contribution in [3.8, 4) is 0 Å². The molecule has 6 aliphatic rings. The molecule has 5 aliphatic carbocycles. The van der Waals surface area contributed by atoms with E-state index in [9.17, 15) is 43.4 Å². The number of ether oxygens (including phenoxy) is 4. The molecule has 0 unspecified atom stereocenters. The molecular weight excluding hydrogens is 986 g/mol. The number of esters is 1. The zero-order valence-electron chi connectivity index (χ0n) is 42.1. The Hall–Kier alpha value is -4.72. The maximum absolute atomic E-state index is 17.9. The van der Waals surface area contributed by atoms with Crippen molar-refractivity contribution >= 4 is 51.1 Å². The minimum Gasteiger partial charge on any atom is -0.465 e. The highest BCUT2D eigenvalue weighted by molar-refractivity contribution is 7.46. The molecule has 0 bridgehead atoms. The number of phosphoric ester groups is 1. The Morgan fingerprint density at radius 2 is 1.73 bits per heavy atom. The topological polar surface area (TPSA) is 233 Å². The highest BCUT2D eigenvalue weighted by Gasteiger charge is 2.80. The number of allylic oxidation sites excluding steroid dienone is 5. The number of ketones is 2. The second kappa shape index (κ2) is 20.4. The van der Waals surface area contributed by atoms with E-state index in [1.165, 1.54) is 19.1 Å². The molecule has 1 heterocycles. The average molecular weight is 1050 g/mol. The molecule has 4 fully saturated rings. The second-order valence-corrected chi connectivity index (χ2v) is 29.4. The van der Waals surface area contributed by atoms with Gasteiger partial charge in [-0.15, -0.1) is 0 Å². The van der Waals surface area contributed by atoms with Crippen LogP contribution in [0.25, 0.3) is 0 Å². The summed E-state index contributed by atoms with van der Waals surface area (Å²) in [6.45, 7) is 10.6. The first-order valence-corrected chi connectivity index (χ1v) is 30.2. The van der Waals surface area contributed by atoms with Crippen LogP contribution < -0.4 is 10.6 Å². The summed E-state index contributed by atoms with van der Waals surface area (Å²) in [5.41, 5.74) is -5.72. The molecule has 1 saturated heterocycles. The van der Waals surface area contributed by atoms with Gasteiger partial charge in [0.1, 0.15) is 25.4 Å². The third-order valence-corrected chi connectivity index (χ3v) is 18.7. The summed E-state index contributed by atoms with van der Waals surface area (Å²) in [7, 11) is -6.53. The fraction of sp³-hybridized carbons (Fsp3) is 0.566. The van der Waals surface area contributed by atoms with Gasteiger partial charge < -0.3 is 39.2 Å². The Labute approximate surface area is 424 Å². The second-order valence-electron chi connectivity index (χ2n) is 22.6. The Morgan fingerprint density at radius 1 is 0.986 bits per heavy atom. The minimum atomic E-state index is -5.16. The van der Waals surface area contributed by atoms with Crippen molar-refractivity contribution in [2.45, 2.75) is 140 Å². The van der Waals surface area contributed by atoms with Crippen LogP contribution >= 0.6 is 7.82 Å². The van der Waals surface area contributed by atoms with Crippen LogP contribution in [-0.2, 0) is 53.6 Å². The number of halogens is 2. The quantitative estimate of drug-likeness (QED) is 0.0491. The molecule has 3 saturated carbocycles. The molecule has 0 spiro atoms. The predicted molar refractivity (Wildman–Crippen MR) is 266 cm³/mol. The van der Waals surface area contributed by atoms with Crippen molar-refractivity contribution in [2.24, 2.45) is 28.1 Å². The summed E-state index contributed by atoms with van der Waals surface area (Å²) in [6, 6.07) is 15.2. The number of carbonyl (C=O) groups excluding carboxylic acids is 5. The van der Waals surface area contributed by atoms with E-state index in [2.05, 4.69) is 30.3 Å². The maximum Gasteiger partial charge on any atom is 0.470 e. The summed E-state index contributed by atoms with van der Waals surface area (Å²) in [6.07, 6.45) is 1.84. The summed E-state index contributed by atoms with van der Waals surface area (Å²) < 4.78 is 74.9. The highest BCUT2D eigenvalue weighted by Crippen LogP contribution is 2.73. The van der Waals surface area contributed by atoms with Crippen LogP contribution in [0.4, 0.5) is 19.3 Å². The van der Waals surface area contributed by atoms with Crippen molar-refractivity contribution in [1.82, 2.24) is 5.32 Å². The SMILES string of the molecule is C[C@@]1(C(=O)NCC(=O)OCC[Si](C)(C)C)CC/C=C/[C@H](OC(=O)Nc2cccc(Cc3ccc([C@@H]4O[C@@H]5C[C@H]6[C@@H]7C[C@H](F)C8=CC(=O)C=C[C@]8(C)[C@@]7(F)[C@@H](O)C[C@]6(C)[C@]5(C(=O)COP(=O)(O)O)O4)cc3)c2)CC1. The maximum atomic E-state index is 17.9. The number of aliphatic hydroxyl groups is 1. The number of benzene rings is 2. The van der Waals surface area contributed by atoms with Crippen LogP contribution in [0, 0.1) is 28.1 Å². The zero-order valence-corrected chi connectivity index (χ0v) is 44.0. The largest absolute Gasteiger partial charge is 0.470 e. The van der Waals surface area contributed by atoms with E-state index in [0.29, 0.717) is 50.0 Å². The van der Waals surface area contributed by atoms with Gasteiger partial charge in [-0.05, 0) is 117 Å². The van der Waals surface area contributed by atoms with Crippen LogP contribution in [0.15, 0.2) is 84.5 Å². The van der Waals surface area contributed by atoms with Crippen molar-refractivity contribution in [1.29, 1.82) is 0 Å². The minimum absolute atomic E-state index is 0.00649. The van der Waals surface area contributed by atoms with Crippen LogP contribution in [0.2, 0.25) is 25.7 Å². The molecule has 20 heteroatoms. The van der Waals surface area contributed by atoms with E-state index in [1.807, 2.05) is 37.3 Å². The van der Waals surface area contributed by atoms with E-state index in [-0.39, 0.29) is 37.3 Å². The standard InChI is InChI=1S/C53H67F2N2O14PSi/c1-49(47(62)56-30-45(61)67-22-23-73(4,5)6)19-8-7-12-37(18-20-49)69-48(63)57-35-11-9-10-33(25-35)24-32-13-15-34(16-14-32)46-70-44-28-38-39-27-41(54)40-26-36(58)17-21-50(40,2)52(39,55)42(59)29-51(38,3)53(44,71-46)43(60)31-68-72(64,65)66/h7,9-17,21,25-26,37-39,41-42,44,46,59H,8,18-20,22-24,27-31H2,1-6H3,(H,56,62)(H,57,63)(H2,64,65,66)/b12-7+/t37-,38-,39-,41-,42-,44+,46+,49+,50-,51-,52-,53+/m0/s1. The smallest absolute Gasteiger partial charge is 0.465 e. The first kappa shape index (κ1) is 54.5. The number of nitrogens with one attached hydrogen (secondary N) is 2. The van der Waals surface area contributed by atoms with Gasteiger partial charge in [-0.2, -0.15) is 0 Å². The monoisotopic (exact) mass is 1050 g/mol. The molecule has 12 atom stereocenters. The molecule has 16 nitrogen and oxygen atoms in total. The predicted octanol–water partition coefficient (Wildman–Crippen LogP) is 8.09. The molecule has 5 N–H and O–H groups in total. The number of amides is 2.